The Hall–Kier alpha value is -0.970. The Kier molecular flexibility index (Phi) is 6.97. The van der Waals surface area contributed by atoms with Crippen LogP contribution in [-0.2, 0) is 31.6 Å². The first-order valence-electron chi connectivity index (χ1n) is 7.89. The van der Waals surface area contributed by atoms with Crippen molar-refractivity contribution in [3.8, 4) is 0 Å². The first kappa shape index (κ1) is 24.7. The van der Waals surface area contributed by atoms with Crippen LogP contribution in [0, 0.1) is 0 Å². The molecule has 31 heavy (non-hydrogen) atoms. The lowest BCUT2D eigenvalue weighted by Crippen LogP contribution is -2.30. The van der Waals surface area contributed by atoms with E-state index >= 15 is 0 Å². The summed E-state index contributed by atoms with van der Waals surface area (Å²) in [5.74, 6) is 0. The molecule has 3 rings (SSSR count). The summed E-state index contributed by atoms with van der Waals surface area (Å²) in [4.78, 5) is 57.6. The molecule has 1 aliphatic rings. The first-order valence-corrected chi connectivity index (χ1v) is 12.9. The number of nitrogens with zero attached hydrogens (tertiary/aromatic N) is 3. The number of phosphoric acid groups is 3. The van der Waals surface area contributed by atoms with Crippen LogP contribution >= 0.6 is 36.1 Å². The number of phosphoric ester groups is 1. The minimum atomic E-state index is -5.68. The summed E-state index contributed by atoms with van der Waals surface area (Å²) in [7, 11) is -16.6. The van der Waals surface area contributed by atoms with E-state index in [-0.39, 0.29) is 11.2 Å². The van der Waals surface area contributed by atoms with E-state index in [1.54, 1.807) is 0 Å². The molecule has 1 fully saturated rings. The number of aromatic nitrogens is 4. The summed E-state index contributed by atoms with van der Waals surface area (Å²) in [6.45, 7) is -0.876. The summed E-state index contributed by atoms with van der Waals surface area (Å²) in [5, 5.41) is 9.34. The van der Waals surface area contributed by atoms with E-state index in [1.807, 2.05) is 0 Å². The van der Waals surface area contributed by atoms with E-state index < -0.39 is 59.3 Å². The number of aliphatic hydroxyl groups excluding tert-OH is 1. The van der Waals surface area contributed by atoms with Crippen molar-refractivity contribution < 1.29 is 56.3 Å². The van der Waals surface area contributed by atoms with Crippen LogP contribution in [0.3, 0.4) is 0 Å². The Morgan fingerprint density at radius 3 is 2.48 bits per heavy atom. The van der Waals surface area contributed by atoms with Gasteiger partial charge in [-0.3, -0.25) is 13.9 Å². The number of H-pyrrole nitrogens is 1. The average molecular weight is 524 g/mol. The Bertz CT molecular complexity index is 1160. The third-order valence-corrected chi connectivity index (χ3v) is 8.16. The molecule has 6 atom stereocenters. The topological polar surface area (TPSA) is 253 Å². The lowest BCUT2D eigenvalue weighted by Gasteiger charge is -2.19. The maximum Gasteiger partial charge on any atom is 0.490 e. The molecule has 0 aliphatic carbocycles. The zero-order valence-electron chi connectivity index (χ0n) is 14.8. The van der Waals surface area contributed by atoms with E-state index in [1.165, 1.54) is 10.9 Å². The summed E-state index contributed by atoms with van der Waals surface area (Å²) in [6, 6.07) is 0. The van der Waals surface area contributed by atoms with Gasteiger partial charge in [-0.15, -0.1) is 0 Å². The van der Waals surface area contributed by atoms with Gasteiger partial charge in [-0.1, -0.05) is 0 Å². The largest absolute Gasteiger partial charge is 0.490 e. The minimum Gasteiger partial charge on any atom is -0.389 e. The van der Waals surface area contributed by atoms with Gasteiger partial charge in [0.05, 0.1) is 30.6 Å². The molecule has 0 aromatic carbocycles. The third kappa shape index (κ3) is 5.89. The second-order valence-electron chi connectivity index (χ2n) is 5.99. The molecule has 0 radical (unpaired) electrons. The summed E-state index contributed by atoms with van der Waals surface area (Å²) >= 11 is 4.21. The maximum atomic E-state index is 11.8. The van der Waals surface area contributed by atoms with Gasteiger partial charge < -0.3 is 34.4 Å². The van der Waals surface area contributed by atoms with Crippen LogP contribution in [0.1, 0.15) is 6.23 Å². The first-order chi connectivity index (χ1) is 14.2. The molecule has 1 aliphatic heterocycles. The zero-order valence-corrected chi connectivity index (χ0v) is 18.4. The molecule has 17 nitrogen and oxygen atoms in total. The van der Waals surface area contributed by atoms with Crippen molar-refractivity contribution >= 4 is 47.3 Å². The van der Waals surface area contributed by atoms with Crippen LogP contribution in [0.2, 0.25) is 0 Å². The number of thiol groups is 1. The second-order valence-corrected chi connectivity index (χ2v) is 11.0. The number of nitrogens with one attached hydrogen (secondary N) is 1. The molecule has 0 bridgehead atoms. The standard InChI is InChI=1S/C10H15N4O13P3S/c15-6-4(1-24-29(20,21)27-30(22,23)26-28(17,18)19)25-10(7(6)31)14-3-13-5-8(14)11-2-12-9(5)16/h2-4,6-7,10,15,31H,1H2,(H,20,21)(H,22,23)(H,11,12,16)(H2,17,18,19)/t4-,6-,7-,10-/m1/s1. The predicted octanol–water partition coefficient (Wildman–Crippen LogP) is -0.980. The molecule has 21 heteroatoms. The van der Waals surface area contributed by atoms with Crippen LogP contribution < -0.4 is 5.56 Å². The molecular formula is C10H15N4O13P3S. The normalized spacial score (nSPS) is 28.5. The van der Waals surface area contributed by atoms with Crippen LogP contribution in [0.5, 0.6) is 0 Å². The maximum absolute atomic E-state index is 11.8. The fourth-order valence-electron chi connectivity index (χ4n) is 2.62. The summed E-state index contributed by atoms with van der Waals surface area (Å²) in [5.41, 5.74) is -0.436. The summed E-state index contributed by atoms with van der Waals surface area (Å²) < 4.78 is 52.2. The molecule has 0 saturated carbocycles. The fourth-order valence-corrected chi connectivity index (χ4v) is 6.05. The second kappa shape index (κ2) is 8.76. The molecule has 3 heterocycles. The fraction of sp³-hybridized carbons (Fsp3) is 0.500. The van der Waals surface area contributed by atoms with Crippen molar-refractivity contribution in [1.82, 2.24) is 19.5 Å². The van der Waals surface area contributed by atoms with Gasteiger partial charge in [0.1, 0.15) is 6.10 Å². The SMILES string of the molecule is O=c1[nH]cnc2c1ncn2[C@@H]1O[C@H](COP(=O)(O)OP(=O)(O)OP(=O)(O)O)[C@@H](O)[C@H]1S. The van der Waals surface area contributed by atoms with Gasteiger partial charge in [0.2, 0.25) is 0 Å². The highest BCUT2D eigenvalue weighted by Crippen LogP contribution is 2.66. The van der Waals surface area contributed by atoms with Crippen LogP contribution in [0.4, 0.5) is 0 Å². The van der Waals surface area contributed by atoms with Gasteiger partial charge in [0, 0.05) is 0 Å². The summed E-state index contributed by atoms with van der Waals surface area (Å²) in [6.07, 6.45) is -1.45. The van der Waals surface area contributed by atoms with Gasteiger partial charge in [0.25, 0.3) is 5.56 Å². The molecule has 2 aromatic heterocycles. The molecule has 2 aromatic rings. The van der Waals surface area contributed by atoms with Crippen LogP contribution in [0.15, 0.2) is 17.4 Å². The lowest BCUT2D eigenvalue weighted by atomic mass is 10.2. The zero-order chi connectivity index (χ0) is 23.2. The number of ether oxygens (including phenoxy) is 1. The Labute approximate surface area is 176 Å². The monoisotopic (exact) mass is 524 g/mol. The number of rotatable bonds is 8. The molecule has 0 spiro atoms. The average Bonchev–Trinajstić information content (AvgIpc) is 3.13. The molecule has 174 valence electrons. The third-order valence-electron chi connectivity index (χ3n) is 3.79. The smallest absolute Gasteiger partial charge is 0.389 e. The quantitative estimate of drug-likeness (QED) is 0.162. The number of fused-ring (bicyclic) bond motifs is 1. The highest BCUT2D eigenvalue weighted by Gasteiger charge is 2.46. The lowest BCUT2D eigenvalue weighted by molar-refractivity contribution is -0.0421. The van der Waals surface area contributed by atoms with Crippen LogP contribution in [-0.4, -0.2) is 68.3 Å². The van der Waals surface area contributed by atoms with Crippen molar-refractivity contribution in [3.63, 3.8) is 0 Å². The highest BCUT2D eigenvalue weighted by atomic mass is 32.1. The van der Waals surface area contributed by atoms with Crippen molar-refractivity contribution in [2.45, 2.75) is 23.7 Å². The van der Waals surface area contributed by atoms with Gasteiger partial charge >= 0.3 is 23.5 Å². The molecule has 6 N–H and O–H groups in total. The van der Waals surface area contributed by atoms with Gasteiger partial charge in [-0.2, -0.15) is 21.3 Å². The number of imidazole rings is 1. The Morgan fingerprint density at radius 2 is 1.84 bits per heavy atom. The number of aromatic amines is 1. The number of hydrogen-bond donors (Lipinski definition) is 7. The number of hydrogen-bond acceptors (Lipinski definition) is 12. The highest BCUT2D eigenvalue weighted by molar-refractivity contribution is 7.81. The van der Waals surface area contributed by atoms with Gasteiger partial charge in [-0.05, 0) is 0 Å². The molecule has 2 unspecified atom stereocenters. The van der Waals surface area contributed by atoms with Crippen molar-refractivity contribution in [1.29, 1.82) is 0 Å². The Balaban J connectivity index is 1.70. The van der Waals surface area contributed by atoms with E-state index in [9.17, 15) is 28.5 Å². The predicted molar refractivity (Wildman–Crippen MR) is 101 cm³/mol. The number of aliphatic hydroxyl groups is 1. The van der Waals surface area contributed by atoms with E-state index in [4.69, 9.17) is 19.4 Å². The van der Waals surface area contributed by atoms with Crippen LogP contribution in [0.25, 0.3) is 11.2 Å². The molecule has 1 saturated heterocycles. The van der Waals surface area contributed by atoms with Gasteiger partial charge in [-0.25, -0.2) is 23.7 Å². The van der Waals surface area contributed by atoms with Gasteiger partial charge in [0.15, 0.2) is 17.4 Å². The minimum absolute atomic E-state index is 0.0159. The van der Waals surface area contributed by atoms with Crippen molar-refractivity contribution in [3.05, 3.63) is 23.0 Å². The van der Waals surface area contributed by atoms with E-state index in [0.717, 1.165) is 6.33 Å². The Morgan fingerprint density at radius 1 is 1.16 bits per heavy atom. The van der Waals surface area contributed by atoms with Crippen molar-refractivity contribution in [2.75, 3.05) is 6.61 Å². The van der Waals surface area contributed by atoms with E-state index in [2.05, 4.69) is 40.7 Å². The molecular weight excluding hydrogens is 509 g/mol. The van der Waals surface area contributed by atoms with Crippen molar-refractivity contribution in [2.24, 2.45) is 0 Å². The van der Waals surface area contributed by atoms with E-state index in [0.29, 0.717) is 0 Å². The molecule has 0 amide bonds.